The van der Waals surface area contributed by atoms with E-state index in [1.165, 1.54) is 24.6 Å². The number of rotatable bonds is 5. The van der Waals surface area contributed by atoms with E-state index in [4.69, 9.17) is 4.42 Å². The number of nitrogens with one attached hydrogen (secondary N) is 1. The number of amides is 1. The monoisotopic (exact) mass is 373 g/mol. The number of hydrogen-bond donors (Lipinski definition) is 1. The summed E-state index contributed by atoms with van der Waals surface area (Å²) >= 11 is 1.29. The molecular formula is C20H27N3O2S. The van der Waals surface area contributed by atoms with Gasteiger partial charge in [0.1, 0.15) is 0 Å². The summed E-state index contributed by atoms with van der Waals surface area (Å²) in [6.07, 6.45) is 3.51. The van der Waals surface area contributed by atoms with Crippen LogP contribution in [0.2, 0.25) is 0 Å². The molecule has 0 aliphatic heterocycles. The molecule has 3 rings (SSSR count). The number of nitrogens with zero attached hydrogens (tertiary/aromatic N) is 2. The van der Waals surface area contributed by atoms with Crippen molar-refractivity contribution in [2.24, 2.45) is 11.8 Å². The second kappa shape index (κ2) is 8.25. The Labute approximate surface area is 159 Å². The standard InChI is InChI=1S/C20H27N3O2S/c1-12-8-13(2)10-16(9-12)19-22-23-20(25-19)26-11-18(24)21-17-7-5-6-14(3)15(17)4/h8-10,14-15,17H,5-7,11H2,1-4H3,(H,21,24)/t14-,15-,17+/m0/s1. The van der Waals surface area contributed by atoms with Crippen molar-refractivity contribution in [3.8, 4) is 11.5 Å². The van der Waals surface area contributed by atoms with Gasteiger partial charge in [0.2, 0.25) is 11.8 Å². The van der Waals surface area contributed by atoms with Gasteiger partial charge in [-0.25, -0.2) is 0 Å². The van der Waals surface area contributed by atoms with E-state index < -0.39 is 0 Å². The molecule has 1 N–H and O–H groups in total. The molecular weight excluding hydrogens is 346 g/mol. The molecule has 0 radical (unpaired) electrons. The van der Waals surface area contributed by atoms with Gasteiger partial charge in [-0.15, -0.1) is 10.2 Å². The van der Waals surface area contributed by atoms with E-state index in [-0.39, 0.29) is 11.9 Å². The van der Waals surface area contributed by atoms with Crippen molar-refractivity contribution in [1.29, 1.82) is 0 Å². The molecule has 3 atom stereocenters. The summed E-state index contributed by atoms with van der Waals surface area (Å²) in [6, 6.07) is 6.42. The summed E-state index contributed by atoms with van der Waals surface area (Å²) in [4.78, 5) is 12.3. The van der Waals surface area contributed by atoms with Gasteiger partial charge >= 0.3 is 0 Å². The molecule has 1 amide bonds. The highest BCUT2D eigenvalue weighted by Gasteiger charge is 2.28. The average Bonchev–Trinajstić information content (AvgIpc) is 3.05. The predicted octanol–water partition coefficient (Wildman–Crippen LogP) is 4.39. The van der Waals surface area contributed by atoms with Gasteiger partial charge < -0.3 is 9.73 Å². The fraction of sp³-hybridized carbons (Fsp3) is 0.550. The minimum atomic E-state index is 0.0344. The van der Waals surface area contributed by atoms with Crippen LogP contribution in [0.25, 0.3) is 11.5 Å². The number of benzene rings is 1. The molecule has 1 fully saturated rings. The number of thioether (sulfide) groups is 1. The molecule has 0 unspecified atom stereocenters. The molecule has 5 nitrogen and oxygen atoms in total. The average molecular weight is 374 g/mol. The molecule has 1 aromatic heterocycles. The minimum Gasteiger partial charge on any atom is -0.411 e. The molecule has 1 aliphatic rings. The van der Waals surface area contributed by atoms with Gasteiger partial charge in [-0.1, -0.05) is 55.6 Å². The first kappa shape index (κ1) is 19.0. The summed E-state index contributed by atoms with van der Waals surface area (Å²) in [6.45, 7) is 8.58. The van der Waals surface area contributed by atoms with Gasteiger partial charge in [-0.3, -0.25) is 4.79 Å². The Morgan fingerprint density at radius 3 is 2.65 bits per heavy atom. The van der Waals surface area contributed by atoms with Crippen LogP contribution in [0.3, 0.4) is 0 Å². The van der Waals surface area contributed by atoms with Crippen molar-refractivity contribution in [2.45, 2.75) is 58.2 Å². The van der Waals surface area contributed by atoms with Crippen LogP contribution in [0.5, 0.6) is 0 Å². The predicted molar refractivity (Wildman–Crippen MR) is 104 cm³/mol. The molecule has 1 aromatic carbocycles. The topological polar surface area (TPSA) is 68.0 Å². The van der Waals surface area contributed by atoms with Gasteiger partial charge in [-0.05, 0) is 44.2 Å². The minimum absolute atomic E-state index is 0.0344. The smallest absolute Gasteiger partial charge is 0.277 e. The van der Waals surface area contributed by atoms with E-state index in [2.05, 4.69) is 35.4 Å². The highest BCUT2D eigenvalue weighted by Crippen LogP contribution is 2.30. The van der Waals surface area contributed by atoms with Gasteiger partial charge in [-0.2, -0.15) is 0 Å². The van der Waals surface area contributed by atoms with E-state index in [9.17, 15) is 4.79 Å². The molecule has 1 aliphatic carbocycles. The highest BCUT2D eigenvalue weighted by molar-refractivity contribution is 7.99. The molecule has 0 saturated heterocycles. The zero-order valence-electron chi connectivity index (χ0n) is 15.9. The van der Waals surface area contributed by atoms with Crippen molar-refractivity contribution < 1.29 is 9.21 Å². The maximum Gasteiger partial charge on any atom is 0.277 e. The van der Waals surface area contributed by atoms with Crippen LogP contribution in [0, 0.1) is 25.7 Å². The van der Waals surface area contributed by atoms with Gasteiger partial charge in [0.05, 0.1) is 5.75 Å². The van der Waals surface area contributed by atoms with Crippen LogP contribution in [0.4, 0.5) is 0 Å². The van der Waals surface area contributed by atoms with Gasteiger partial charge in [0.15, 0.2) is 0 Å². The summed E-state index contributed by atoms with van der Waals surface area (Å²) in [5.74, 6) is 2.02. The Morgan fingerprint density at radius 2 is 1.92 bits per heavy atom. The van der Waals surface area contributed by atoms with Crippen LogP contribution in [0.1, 0.15) is 44.2 Å². The van der Waals surface area contributed by atoms with Crippen molar-refractivity contribution in [2.75, 3.05) is 5.75 Å². The van der Waals surface area contributed by atoms with Gasteiger partial charge in [0, 0.05) is 11.6 Å². The lowest BCUT2D eigenvalue weighted by Gasteiger charge is -2.34. The molecule has 140 valence electrons. The van der Waals surface area contributed by atoms with Crippen LogP contribution >= 0.6 is 11.8 Å². The molecule has 0 spiro atoms. The maximum atomic E-state index is 12.3. The summed E-state index contributed by atoms with van der Waals surface area (Å²) < 4.78 is 5.72. The summed E-state index contributed by atoms with van der Waals surface area (Å²) in [5.41, 5.74) is 3.22. The SMILES string of the molecule is Cc1cc(C)cc(-c2nnc(SCC(=O)N[C@@H]3CCC[C@H](C)[C@@H]3C)o2)c1. The third-order valence-corrected chi connectivity index (χ3v) is 6.07. The van der Waals surface area contributed by atoms with E-state index in [1.54, 1.807) is 0 Å². The Hall–Kier alpha value is -1.82. The number of carbonyl (C=O) groups excluding carboxylic acids is 1. The van der Waals surface area contributed by atoms with Crippen LogP contribution in [0.15, 0.2) is 27.8 Å². The number of aromatic nitrogens is 2. The normalized spacial score (nSPS) is 23.0. The molecule has 26 heavy (non-hydrogen) atoms. The first-order valence-electron chi connectivity index (χ1n) is 9.26. The fourth-order valence-corrected chi connectivity index (χ4v) is 4.22. The Kier molecular flexibility index (Phi) is 6.01. The maximum absolute atomic E-state index is 12.3. The van der Waals surface area contributed by atoms with E-state index in [0.717, 1.165) is 23.1 Å². The lowest BCUT2D eigenvalue weighted by molar-refractivity contribution is -0.120. The Morgan fingerprint density at radius 1 is 1.19 bits per heavy atom. The number of hydrogen-bond acceptors (Lipinski definition) is 5. The lowest BCUT2D eigenvalue weighted by Crippen LogP contribution is -2.44. The second-order valence-electron chi connectivity index (χ2n) is 7.48. The van der Waals surface area contributed by atoms with Crippen LogP contribution in [-0.2, 0) is 4.79 Å². The zero-order chi connectivity index (χ0) is 18.7. The molecule has 1 heterocycles. The van der Waals surface area contributed by atoms with E-state index >= 15 is 0 Å². The number of aryl methyl sites for hydroxylation is 2. The number of carbonyl (C=O) groups is 1. The summed E-state index contributed by atoms with van der Waals surface area (Å²) in [7, 11) is 0. The van der Waals surface area contributed by atoms with Gasteiger partial charge in [0.25, 0.3) is 5.22 Å². The van der Waals surface area contributed by atoms with Crippen molar-refractivity contribution in [3.63, 3.8) is 0 Å². The molecule has 6 heteroatoms. The Balaban J connectivity index is 1.55. The first-order chi connectivity index (χ1) is 12.4. The third kappa shape index (κ3) is 4.67. The lowest BCUT2D eigenvalue weighted by atomic mass is 9.78. The van der Waals surface area contributed by atoms with Crippen molar-refractivity contribution in [3.05, 3.63) is 29.3 Å². The molecule has 1 saturated carbocycles. The largest absolute Gasteiger partial charge is 0.411 e. The zero-order valence-corrected chi connectivity index (χ0v) is 16.7. The summed E-state index contributed by atoms with van der Waals surface area (Å²) in [5, 5.41) is 11.8. The highest BCUT2D eigenvalue weighted by atomic mass is 32.2. The third-order valence-electron chi connectivity index (χ3n) is 5.26. The van der Waals surface area contributed by atoms with Crippen LogP contribution < -0.4 is 5.32 Å². The Bertz CT molecular complexity index is 754. The first-order valence-corrected chi connectivity index (χ1v) is 10.3. The van der Waals surface area contributed by atoms with E-state index in [1.807, 2.05) is 26.0 Å². The van der Waals surface area contributed by atoms with Crippen LogP contribution in [-0.4, -0.2) is 27.9 Å². The quantitative estimate of drug-likeness (QED) is 0.788. The molecule has 2 aromatic rings. The van der Waals surface area contributed by atoms with E-state index in [0.29, 0.717) is 28.7 Å². The van der Waals surface area contributed by atoms with Crippen molar-refractivity contribution >= 4 is 17.7 Å². The second-order valence-corrected chi connectivity index (χ2v) is 8.41. The van der Waals surface area contributed by atoms with Crippen molar-refractivity contribution in [1.82, 2.24) is 15.5 Å². The fourth-order valence-electron chi connectivity index (χ4n) is 3.64. The molecule has 0 bridgehead atoms.